The standard InChI is InChI=1S/C16H23N3O/c1-2-15-16(3-1)20-9-8-19(15)14-6-7-17-13(10-14)11-18-12-4-5-12/h6-7,10,12,15-16,18H,1-5,8-9,11H2. The van der Waals surface area contributed by atoms with Gasteiger partial charge >= 0.3 is 0 Å². The number of aromatic nitrogens is 1. The van der Waals surface area contributed by atoms with Crippen LogP contribution in [0.25, 0.3) is 0 Å². The molecule has 108 valence electrons. The largest absolute Gasteiger partial charge is 0.374 e. The molecule has 1 saturated heterocycles. The van der Waals surface area contributed by atoms with Crippen molar-refractivity contribution >= 4 is 5.69 Å². The van der Waals surface area contributed by atoms with Crippen LogP contribution in [-0.4, -0.2) is 36.3 Å². The highest BCUT2D eigenvalue weighted by atomic mass is 16.5. The molecule has 4 nitrogen and oxygen atoms in total. The van der Waals surface area contributed by atoms with Gasteiger partial charge in [-0.1, -0.05) is 0 Å². The summed E-state index contributed by atoms with van der Waals surface area (Å²) >= 11 is 0. The first-order valence-corrected chi connectivity index (χ1v) is 7.97. The molecule has 1 N–H and O–H groups in total. The third kappa shape index (κ3) is 2.54. The lowest BCUT2D eigenvalue weighted by Gasteiger charge is -2.39. The Balaban J connectivity index is 1.49. The highest BCUT2D eigenvalue weighted by Gasteiger charge is 2.36. The summed E-state index contributed by atoms with van der Waals surface area (Å²) in [7, 11) is 0. The zero-order valence-corrected chi connectivity index (χ0v) is 11.9. The van der Waals surface area contributed by atoms with Gasteiger partial charge in [0, 0.05) is 31.0 Å². The number of rotatable bonds is 4. The predicted octanol–water partition coefficient (Wildman–Crippen LogP) is 2.09. The second-order valence-corrected chi connectivity index (χ2v) is 6.26. The van der Waals surface area contributed by atoms with Gasteiger partial charge in [-0.3, -0.25) is 4.98 Å². The maximum Gasteiger partial charge on any atom is 0.0779 e. The number of fused-ring (bicyclic) bond motifs is 1. The molecule has 2 atom stereocenters. The van der Waals surface area contributed by atoms with Crippen LogP contribution < -0.4 is 10.2 Å². The zero-order valence-electron chi connectivity index (χ0n) is 11.9. The summed E-state index contributed by atoms with van der Waals surface area (Å²) in [5.74, 6) is 0. The summed E-state index contributed by atoms with van der Waals surface area (Å²) in [6.07, 6.45) is 8.85. The topological polar surface area (TPSA) is 37.4 Å². The van der Waals surface area contributed by atoms with Crippen molar-refractivity contribution in [3.63, 3.8) is 0 Å². The number of anilines is 1. The van der Waals surface area contributed by atoms with Crippen LogP contribution in [0.4, 0.5) is 5.69 Å². The number of nitrogens with zero attached hydrogens (tertiary/aromatic N) is 2. The Morgan fingerprint density at radius 2 is 2.25 bits per heavy atom. The number of ether oxygens (including phenoxy) is 1. The van der Waals surface area contributed by atoms with Crippen LogP contribution in [-0.2, 0) is 11.3 Å². The maximum absolute atomic E-state index is 5.90. The second kappa shape index (κ2) is 5.34. The van der Waals surface area contributed by atoms with Gasteiger partial charge in [0.05, 0.1) is 24.4 Å². The van der Waals surface area contributed by atoms with Gasteiger partial charge in [0.25, 0.3) is 0 Å². The molecule has 1 aromatic heterocycles. The lowest BCUT2D eigenvalue weighted by atomic mass is 10.1. The maximum atomic E-state index is 5.90. The van der Waals surface area contributed by atoms with E-state index < -0.39 is 0 Å². The van der Waals surface area contributed by atoms with Gasteiger partial charge < -0.3 is 15.0 Å². The SMILES string of the molecule is c1cc(N2CCOC3CCCC32)cc(CNC2CC2)n1. The van der Waals surface area contributed by atoms with E-state index in [2.05, 4.69) is 27.3 Å². The van der Waals surface area contributed by atoms with E-state index in [9.17, 15) is 0 Å². The average Bonchev–Trinajstić information content (AvgIpc) is 3.20. The van der Waals surface area contributed by atoms with E-state index >= 15 is 0 Å². The Labute approximate surface area is 120 Å². The van der Waals surface area contributed by atoms with E-state index in [0.717, 1.165) is 31.4 Å². The molecular weight excluding hydrogens is 250 g/mol. The Kier molecular flexibility index (Phi) is 3.36. The monoisotopic (exact) mass is 273 g/mol. The van der Waals surface area contributed by atoms with Crippen LogP contribution in [0.3, 0.4) is 0 Å². The predicted molar refractivity (Wildman–Crippen MR) is 78.8 cm³/mol. The molecule has 20 heavy (non-hydrogen) atoms. The molecule has 0 amide bonds. The summed E-state index contributed by atoms with van der Waals surface area (Å²) in [5, 5.41) is 3.54. The fraction of sp³-hybridized carbons (Fsp3) is 0.688. The summed E-state index contributed by atoms with van der Waals surface area (Å²) < 4.78 is 5.90. The summed E-state index contributed by atoms with van der Waals surface area (Å²) in [4.78, 5) is 7.04. The fourth-order valence-electron chi connectivity index (χ4n) is 3.52. The third-order valence-electron chi connectivity index (χ3n) is 4.76. The minimum atomic E-state index is 0.449. The minimum absolute atomic E-state index is 0.449. The highest BCUT2D eigenvalue weighted by Crippen LogP contribution is 2.33. The van der Waals surface area contributed by atoms with Crippen molar-refractivity contribution in [1.29, 1.82) is 0 Å². The molecule has 4 heteroatoms. The Morgan fingerprint density at radius 3 is 3.15 bits per heavy atom. The number of nitrogens with one attached hydrogen (secondary N) is 1. The fourth-order valence-corrected chi connectivity index (χ4v) is 3.52. The van der Waals surface area contributed by atoms with Crippen LogP contribution in [0.5, 0.6) is 0 Å². The van der Waals surface area contributed by atoms with Crippen molar-refractivity contribution in [3.05, 3.63) is 24.0 Å². The van der Waals surface area contributed by atoms with Crippen LogP contribution >= 0.6 is 0 Å². The lowest BCUT2D eigenvalue weighted by Crippen LogP contribution is -2.48. The minimum Gasteiger partial charge on any atom is -0.374 e. The first-order valence-electron chi connectivity index (χ1n) is 7.97. The first kappa shape index (κ1) is 12.6. The van der Waals surface area contributed by atoms with Gasteiger partial charge in [0.2, 0.25) is 0 Å². The summed E-state index contributed by atoms with van der Waals surface area (Å²) in [5.41, 5.74) is 2.49. The van der Waals surface area contributed by atoms with E-state index in [4.69, 9.17) is 4.74 Å². The van der Waals surface area contributed by atoms with E-state index in [0.29, 0.717) is 12.1 Å². The van der Waals surface area contributed by atoms with Gasteiger partial charge in [0.1, 0.15) is 0 Å². The highest BCUT2D eigenvalue weighted by molar-refractivity contribution is 5.48. The third-order valence-corrected chi connectivity index (χ3v) is 4.76. The van der Waals surface area contributed by atoms with Crippen molar-refractivity contribution in [3.8, 4) is 0 Å². The van der Waals surface area contributed by atoms with E-state index in [1.807, 2.05) is 6.20 Å². The number of hydrogen-bond acceptors (Lipinski definition) is 4. The molecule has 0 radical (unpaired) electrons. The van der Waals surface area contributed by atoms with Gasteiger partial charge in [-0.05, 0) is 44.2 Å². The van der Waals surface area contributed by atoms with Gasteiger partial charge in [-0.25, -0.2) is 0 Å². The molecule has 3 aliphatic rings. The average molecular weight is 273 g/mol. The molecule has 2 heterocycles. The van der Waals surface area contributed by atoms with E-state index in [1.165, 1.54) is 37.8 Å². The normalized spacial score (nSPS) is 29.5. The van der Waals surface area contributed by atoms with Gasteiger partial charge in [-0.2, -0.15) is 0 Å². The molecule has 1 aliphatic heterocycles. The number of hydrogen-bond donors (Lipinski definition) is 1. The second-order valence-electron chi connectivity index (χ2n) is 6.26. The van der Waals surface area contributed by atoms with Crippen molar-refractivity contribution < 1.29 is 4.74 Å². The molecule has 1 aromatic rings. The van der Waals surface area contributed by atoms with Crippen molar-refractivity contribution in [2.45, 2.75) is 56.8 Å². The Morgan fingerprint density at radius 1 is 1.30 bits per heavy atom. The Hall–Kier alpha value is -1.13. The molecule has 4 rings (SSSR count). The van der Waals surface area contributed by atoms with Gasteiger partial charge in [-0.15, -0.1) is 0 Å². The molecule has 3 fully saturated rings. The van der Waals surface area contributed by atoms with Crippen LogP contribution in [0.1, 0.15) is 37.8 Å². The zero-order chi connectivity index (χ0) is 13.4. The van der Waals surface area contributed by atoms with E-state index in [-0.39, 0.29) is 0 Å². The Bertz CT molecular complexity index is 475. The van der Waals surface area contributed by atoms with Gasteiger partial charge in [0.15, 0.2) is 0 Å². The molecule has 2 aliphatic carbocycles. The molecular formula is C16H23N3O. The van der Waals surface area contributed by atoms with Crippen molar-refractivity contribution in [2.75, 3.05) is 18.1 Å². The number of pyridine rings is 1. The number of morpholine rings is 1. The quantitative estimate of drug-likeness (QED) is 0.911. The van der Waals surface area contributed by atoms with Crippen LogP contribution in [0.2, 0.25) is 0 Å². The molecule has 0 aromatic carbocycles. The van der Waals surface area contributed by atoms with Crippen LogP contribution in [0, 0.1) is 0 Å². The first-order chi connectivity index (χ1) is 9.90. The smallest absolute Gasteiger partial charge is 0.0779 e. The summed E-state index contributed by atoms with van der Waals surface area (Å²) in [6, 6.07) is 5.73. The molecule has 0 spiro atoms. The molecule has 2 saturated carbocycles. The molecule has 2 unspecified atom stereocenters. The lowest BCUT2D eigenvalue weighted by molar-refractivity contribution is 0.0256. The van der Waals surface area contributed by atoms with Crippen LogP contribution in [0.15, 0.2) is 18.3 Å². The summed E-state index contributed by atoms with van der Waals surface area (Å²) in [6.45, 7) is 2.77. The van der Waals surface area contributed by atoms with E-state index in [1.54, 1.807) is 0 Å². The van der Waals surface area contributed by atoms with Crippen molar-refractivity contribution in [1.82, 2.24) is 10.3 Å². The molecule has 0 bridgehead atoms. The van der Waals surface area contributed by atoms with Crippen molar-refractivity contribution in [2.24, 2.45) is 0 Å².